The normalized spacial score (nSPS) is 13.3. The standard InChI is InChI=1S/C17H16N4O.C2H6/c1-11-5-7-12(8-6-11)14-3-2-4-15-18-17(20-21(14)15)19-16(22)13-9-10-13;1-2/h2-8,13H,9-10H2,1H3,(H,19,20,22);1-2H3. The Morgan fingerprint density at radius 2 is 1.83 bits per heavy atom. The average Bonchev–Trinajstić information content (AvgIpc) is 3.37. The molecule has 1 saturated carbocycles. The summed E-state index contributed by atoms with van der Waals surface area (Å²) >= 11 is 0. The number of hydrogen-bond acceptors (Lipinski definition) is 3. The summed E-state index contributed by atoms with van der Waals surface area (Å²) in [6.07, 6.45) is 1.93. The minimum atomic E-state index is 0.0211. The van der Waals surface area contributed by atoms with Gasteiger partial charge in [-0.2, -0.15) is 4.98 Å². The van der Waals surface area contributed by atoms with Crippen molar-refractivity contribution in [3.05, 3.63) is 48.0 Å². The van der Waals surface area contributed by atoms with Gasteiger partial charge < -0.3 is 0 Å². The van der Waals surface area contributed by atoms with E-state index in [1.165, 1.54) is 5.56 Å². The van der Waals surface area contributed by atoms with Crippen molar-refractivity contribution >= 4 is 17.5 Å². The van der Waals surface area contributed by atoms with Crippen molar-refractivity contribution in [1.29, 1.82) is 0 Å². The lowest BCUT2D eigenvalue weighted by Gasteiger charge is -2.04. The molecule has 0 atom stereocenters. The number of nitrogens with zero attached hydrogens (tertiary/aromatic N) is 3. The maximum atomic E-state index is 11.8. The van der Waals surface area contributed by atoms with Crippen LogP contribution in [-0.4, -0.2) is 20.5 Å². The van der Waals surface area contributed by atoms with Crippen LogP contribution in [0.2, 0.25) is 0 Å². The number of amides is 1. The lowest BCUT2D eigenvalue weighted by atomic mass is 10.1. The number of hydrogen-bond donors (Lipinski definition) is 1. The highest BCUT2D eigenvalue weighted by atomic mass is 16.2. The Morgan fingerprint density at radius 1 is 1.12 bits per heavy atom. The molecule has 2 aromatic heterocycles. The Labute approximate surface area is 141 Å². The summed E-state index contributed by atoms with van der Waals surface area (Å²) in [6, 6.07) is 14.1. The number of anilines is 1. The van der Waals surface area contributed by atoms with Crippen molar-refractivity contribution in [1.82, 2.24) is 14.6 Å². The van der Waals surface area contributed by atoms with Crippen LogP contribution in [-0.2, 0) is 4.79 Å². The second-order valence-corrected chi connectivity index (χ2v) is 5.75. The third-order valence-corrected chi connectivity index (χ3v) is 3.89. The number of aromatic nitrogens is 3. The van der Waals surface area contributed by atoms with Crippen LogP contribution < -0.4 is 5.32 Å². The van der Waals surface area contributed by atoms with Crippen LogP contribution in [0.3, 0.4) is 0 Å². The van der Waals surface area contributed by atoms with Crippen molar-refractivity contribution in [2.24, 2.45) is 5.92 Å². The fourth-order valence-electron chi connectivity index (χ4n) is 2.46. The number of pyridine rings is 1. The molecule has 124 valence electrons. The van der Waals surface area contributed by atoms with Crippen LogP contribution in [0.25, 0.3) is 16.9 Å². The van der Waals surface area contributed by atoms with Crippen LogP contribution in [0, 0.1) is 12.8 Å². The molecule has 0 aliphatic heterocycles. The fraction of sp³-hybridized carbons (Fsp3) is 0.316. The van der Waals surface area contributed by atoms with Gasteiger partial charge in [0.1, 0.15) is 0 Å². The van der Waals surface area contributed by atoms with Crippen molar-refractivity contribution in [3.8, 4) is 11.3 Å². The number of aryl methyl sites for hydroxylation is 1. The van der Waals surface area contributed by atoms with Crippen molar-refractivity contribution in [2.75, 3.05) is 5.32 Å². The Bertz CT molecular complexity index is 847. The van der Waals surface area contributed by atoms with Gasteiger partial charge in [-0.1, -0.05) is 49.7 Å². The van der Waals surface area contributed by atoms with E-state index in [-0.39, 0.29) is 11.8 Å². The average molecular weight is 322 g/mol. The molecule has 4 rings (SSSR count). The van der Waals surface area contributed by atoms with Crippen LogP contribution in [0.15, 0.2) is 42.5 Å². The van der Waals surface area contributed by atoms with E-state index >= 15 is 0 Å². The highest BCUT2D eigenvalue weighted by Gasteiger charge is 2.30. The smallest absolute Gasteiger partial charge is 0.249 e. The van der Waals surface area contributed by atoms with Crippen LogP contribution in [0.1, 0.15) is 32.3 Å². The Morgan fingerprint density at radius 3 is 2.50 bits per heavy atom. The molecule has 1 fully saturated rings. The summed E-state index contributed by atoms with van der Waals surface area (Å²) < 4.78 is 1.77. The van der Waals surface area contributed by atoms with Gasteiger partial charge in [-0.25, -0.2) is 4.52 Å². The zero-order chi connectivity index (χ0) is 17.1. The zero-order valence-electron chi connectivity index (χ0n) is 14.3. The second-order valence-electron chi connectivity index (χ2n) is 5.75. The number of rotatable bonds is 3. The maximum absolute atomic E-state index is 11.8. The molecule has 0 radical (unpaired) electrons. The Hall–Kier alpha value is -2.69. The largest absolute Gasteiger partial charge is 0.293 e. The molecule has 2 heterocycles. The Balaban J connectivity index is 0.000000815. The minimum Gasteiger partial charge on any atom is -0.293 e. The number of carbonyl (C=O) groups is 1. The van der Waals surface area contributed by atoms with Crippen LogP contribution >= 0.6 is 0 Å². The predicted octanol–water partition coefficient (Wildman–Crippen LogP) is 4.08. The van der Waals surface area contributed by atoms with Gasteiger partial charge in [-0.15, -0.1) is 5.10 Å². The molecule has 1 aromatic carbocycles. The highest BCUT2D eigenvalue weighted by molar-refractivity contribution is 5.92. The zero-order valence-corrected chi connectivity index (χ0v) is 14.3. The van der Waals surface area contributed by atoms with Crippen LogP contribution in [0.5, 0.6) is 0 Å². The molecular weight excluding hydrogens is 300 g/mol. The van der Waals surface area contributed by atoms with E-state index in [0.29, 0.717) is 5.95 Å². The first-order chi connectivity index (χ1) is 11.7. The number of benzene rings is 1. The van der Waals surface area contributed by atoms with Gasteiger partial charge in [0, 0.05) is 11.5 Å². The first kappa shape index (κ1) is 16.2. The summed E-state index contributed by atoms with van der Waals surface area (Å²) in [5, 5.41) is 7.23. The number of nitrogens with one attached hydrogen (secondary N) is 1. The maximum Gasteiger partial charge on any atom is 0.249 e. The van der Waals surface area contributed by atoms with Crippen molar-refractivity contribution in [2.45, 2.75) is 33.6 Å². The van der Waals surface area contributed by atoms with Gasteiger partial charge in [-0.05, 0) is 31.9 Å². The van der Waals surface area contributed by atoms with E-state index in [0.717, 1.165) is 29.7 Å². The highest BCUT2D eigenvalue weighted by Crippen LogP contribution is 2.30. The molecule has 1 aliphatic carbocycles. The molecule has 1 amide bonds. The summed E-state index contributed by atoms with van der Waals surface area (Å²) in [5.41, 5.74) is 3.97. The SMILES string of the molecule is CC.Cc1ccc(-c2cccc3nc(NC(=O)C4CC4)nn23)cc1. The summed E-state index contributed by atoms with van der Waals surface area (Å²) in [5.74, 6) is 0.535. The van der Waals surface area contributed by atoms with Gasteiger partial charge in [0.15, 0.2) is 5.65 Å². The molecule has 0 saturated heterocycles. The molecule has 3 aromatic rings. The molecule has 0 unspecified atom stereocenters. The van der Waals surface area contributed by atoms with E-state index in [1.807, 2.05) is 32.0 Å². The first-order valence-electron chi connectivity index (χ1n) is 8.44. The van der Waals surface area contributed by atoms with Gasteiger partial charge in [-0.3, -0.25) is 10.1 Å². The molecule has 0 spiro atoms. The molecule has 5 heteroatoms. The monoisotopic (exact) mass is 322 g/mol. The minimum absolute atomic E-state index is 0.0211. The van der Waals surface area contributed by atoms with Crippen molar-refractivity contribution in [3.63, 3.8) is 0 Å². The molecule has 24 heavy (non-hydrogen) atoms. The van der Waals surface area contributed by atoms with Crippen LogP contribution in [0.4, 0.5) is 5.95 Å². The molecular formula is C19H22N4O. The molecule has 1 aliphatic rings. The third kappa shape index (κ3) is 3.30. The topological polar surface area (TPSA) is 59.3 Å². The number of carbonyl (C=O) groups excluding carboxylic acids is 1. The van der Waals surface area contributed by atoms with Gasteiger partial charge in [0.2, 0.25) is 11.9 Å². The molecule has 5 nitrogen and oxygen atoms in total. The van der Waals surface area contributed by atoms with Gasteiger partial charge in [0.25, 0.3) is 0 Å². The lowest BCUT2D eigenvalue weighted by molar-refractivity contribution is -0.117. The second kappa shape index (κ2) is 6.83. The molecule has 0 bridgehead atoms. The van der Waals surface area contributed by atoms with E-state index in [2.05, 4.69) is 46.6 Å². The molecule has 1 N–H and O–H groups in total. The van der Waals surface area contributed by atoms with Gasteiger partial charge >= 0.3 is 0 Å². The third-order valence-electron chi connectivity index (χ3n) is 3.89. The summed E-state index contributed by atoms with van der Waals surface area (Å²) in [6.45, 7) is 6.06. The quantitative estimate of drug-likeness (QED) is 0.790. The first-order valence-corrected chi connectivity index (χ1v) is 8.44. The summed E-state index contributed by atoms with van der Waals surface area (Å²) in [7, 11) is 0. The van der Waals surface area contributed by atoms with Crippen molar-refractivity contribution < 1.29 is 4.79 Å². The van der Waals surface area contributed by atoms with E-state index in [9.17, 15) is 4.79 Å². The number of fused-ring (bicyclic) bond motifs is 1. The fourth-order valence-corrected chi connectivity index (χ4v) is 2.46. The van der Waals surface area contributed by atoms with E-state index < -0.39 is 0 Å². The summed E-state index contributed by atoms with van der Waals surface area (Å²) in [4.78, 5) is 16.2. The predicted molar refractivity (Wildman–Crippen MR) is 95.9 cm³/mol. The van der Waals surface area contributed by atoms with Gasteiger partial charge in [0.05, 0.1) is 5.69 Å². The Kier molecular flexibility index (Phi) is 4.60. The van der Waals surface area contributed by atoms with E-state index in [4.69, 9.17) is 0 Å². The lowest BCUT2D eigenvalue weighted by Crippen LogP contribution is -2.14. The van der Waals surface area contributed by atoms with E-state index in [1.54, 1.807) is 4.52 Å².